The predicted octanol–water partition coefficient (Wildman–Crippen LogP) is 2.14. The van der Waals surface area contributed by atoms with E-state index in [1.54, 1.807) is 49.9 Å². The number of phenolic OH excluding ortho intramolecular Hbond substituents is 2. The predicted molar refractivity (Wildman–Crippen MR) is 93.6 cm³/mol. The number of hydrogen-bond donors (Lipinski definition) is 3. The van der Waals surface area contributed by atoms with Crippen molar-refractivity contribution in [3.8, 4) is 17.2 Å². The van der Waals surface area contributed by atoms with Crippen LogP contribution in [0.3, 0.4) is 0 Å². The molecule has 0 spiro atoms. The zero-order valence-electron chi connectivity index (χ0n) is 13.4. The molecule has 0 radical (unpaired) electrons. The van der Waals surface area contributed by atoms with Gasteiger partial charge in [0.1, 0.15) is 17.2 Å². The van der Waals surface area contributed by atoms with Gasteiger partial charge >= 0.3 is 0 Å². The number of rotatable bonds is 7. The van der Waals surface area contributed by atoms with Crippen LogP contribution in [0.15, 0.2) is 46.4 Å². The Hall–Kier alpha value is -2.86. The Morgan fingerprint density at radius 1 is 0.917 bits per heavy atom. The first-order valence-electron chi connectivity index (χ1n) is 7.43. The van der Waals surface area contributed by atoms with E-state index >= 15 is 0 Å². The number of aliphatic imine (C=N–C) groups is 2. The summed E-state index contributed by atoms with van der Waals surface area (Å²) in [7, 11) is 1.56. The number of hydrogen-bond acceptors (Lipinski definition) is 6. The number of aliphatic hydroxyl groups is 1. The minimum atomic E-state index is -0.0879. The molecule has 0 aromatic heterocycles. The summed E-state index contributed by atoms with van der Waals surface area (Å²) in [6.45, 7) is 0.785. The van der Waals surface area contributed by atoms with Crippen molar-refractivity contribution >= 4 is 12.4 Å². The van der Waals surface area contributed by atoms with Crippen molar-refractivity contribution in [3.63, 3.8) is 0 Å². The molecule has 126 valence electrons. The summed E-state index contributed by atoms with van der Waals surface area (Å²) in [5.74, 6) is 0.890. The fourth-order valence-electron chi connectivity index (χ4n) is 2.01. The average Bonchev–Trinajstić information content (AvgIpc) is 2.60. The van der Waals surface area contributed by atoms with Gasteiger partial charge in [0.15, 0.2) is 0 Å². The van der Waals surface area contributed by atoms with Crippen molar-refractivity contribution in [2.45, 2.75) is 6.61 Å². The number of methoxy groups -OCH3 is 1. The zero-order chi connectivity index (χ0) is 17.4. The molecule has 0 fully saturated rings. The number of ether oxygens (including phenoxy) is 1. The Kier molecular flexibility index (Phi) is 6.33. The highest BCUT2D eigenvalue weighted by Crippen LogP contribution is 2.21. The topological polar surface area (TPSA) is 94.6 Å². The molecule has 2 rings (SSSR count). The van der Waals surface area contributed by atoms with Crippen LogP contribution >= 0.6 is 0 Å². The lowest BCUT2D eigenvalue weighted by Gasteiger charge is -2.02. The quantitative estimate of drug-likeness (QED) is 0.536. The summed E-state index contributed by atoms with van der Waals surface area (Å²) in [5.41, 5.74) is 1.84. The van der Waals surface area contributed by atoms with E-state index in [2.05, 4.69) is 9.98 Å². The second-order valence-corrected chi connectivity index (χ2v) is 5.05. The maximum atomic E-state index is 9.74. The second-order valence-electron chi connectivity index (χ2n) is 5.05. The average molecular weight is 328 g/mol. The normalized spacial score (nSPS) is 11.4. The number of phenols is 2. The molecular formula is C18H20N2O4. The molecule has 0 heterocycles. The molecule has 2 aromatic rings. The van der Waals surface area contributed by atoms with Crippen molar-refractivity contribution in [1.29, 1.82) is 0 Å². The molecule has 0 unspecified atom stereocenters. The van der Waals surface area contributed by atoms with E-state index in [4.69, 9.17) is 9.84 Å². The van der Waals surface area contributed by atoms with Crippen LogP contribution in [-0.2, 0) is 6.61 Å². The molecule has 0 saturated heterocycles. The van der Waals surface area contributed by atoms with E-state index in [1.165, 1.54) is 6.07 Å². The minimum absolute atomic E-state index is 0.0879. The molecule has 0 saturated carbocycles. The van der Waals surface area contributed by atoms with E-state index in [-0.39, 0.29) is 18.1 Å². The highest BCUT2D eigenvalue weighted by Gasteiger charge is 2.01. The van der Waals surface area contributed by atoms with E-state index in [9.17, 15) is 10.2 Å². The monoisotopic (exact) mass is 328 g/mol. The molecule has 0 amide bonds. The van der Waals surface area contributed by atoms with Gasteiger partial charge in [-0.25, -0.2) is 0 Å². The van der Waals surface area contributed by atoms with Gasteiger partial charge in [-0.2, -0.15) is 0 Å². The lowest BCUT2D eigenvalue weighted by molar-refractivity contribution is 0.281. The third kappa shape index (κ3) is 4.82. The molecule has 24 heavy (non-hydrogen) atoms. The Bertz CT molecular complexity index is 678. The van der Waals surface area contributed by atoms with Crippen molar-refractivity contribution < 1.29 is 20.1 Å². The van der Waals surface area contributed by atoms with Crippen LogP contribution in [0, 0.1) is 0 Å². The van der Waals surface area contributed by atoms with Crippen molar-refractivity contribution in [1.82, 2.24) is 0 Å². The lowest BCUT2D eigenvalue weighted by Crippen LogP contribution is -1.93. The lowest BCUT2D eigenvalue weighted by atomic mass is 10.1. The van der Waals surface area contributed by atoms with Crippen LogP contribution in [0.5, 0.6) is 17.2 Å². The summed E-state index contributed by atoms with van der Waals surface area (Å²) in [5, 5.41) is 28.5. The Morgan fingerprint density at radius 3 is 2.08 bits per heavy atom. The van der Waals surface area contributed by atoms with Gasteiger partial charge in [0.05, 0.1) is 26.8 Å². The van der Waals surface area contributed by atoms with Crippen LogP contribution in [-0.4, -0.2) is 47.9 Å². The molecule has 0 aliphatic rings. The van der Waals surface area contributed by atoms with Gasteiger partial charge in [-0.15, -0.1) is 0 Å². The van der Waals surface area contributed by atoms with Gasteiger partial charge in [0.25, 0.3) is 0 Å². The van der Waals surface area contributed by atoms with Crippen LogP contribution in [0.2, 0.25) is 0 Å². The Morgan fingerprint density at radius 2 is 1.50 bits per heavy atom. The molecule has 6 heteroatoms. The number of benzene rings is 2. The number of aliphatic hydroxyl groups excluding tert-OH is 1. The van der Waals surface area contributed by atoms with E-state index in [1.807, 2.05) is 0 Å². The van der Waals surface area contributed by atoms with E-state index < -0.39 is 0 Å². The molecular weight excluding hydrogens is 308 g/mol. The third-order valence-electron chi connectivity index (χ3n) is 3.33. The van der Waals surface area contributed by atoms with E-state index in [0.717, 1.165) is 0 Å². The fraction of sp³-hybridized carbons (Fsp3) is 0.222. The van der Waals surface area contributed by atoms with E-state index in [0.29, 0.717) is 35.5 Å². The highest BCUT2D eigenvalue weighted by atomic mass is 16.5. The molecule has 0 aliphatic heterocycles. The van der Waals surface area contributed by atoms with Crippen LogP contribution in [0.4, 0.5) is 0 Å². The van der Waals surface area contributed by atoms with Crippen LogP contribution < -0.4 is 4.74 Å². The highest BCUT2D eigenvalue weighted by molar-refractivity contribution is 5.84. The first-order chi connectivity index (χ1) is 11.6. The molecule has 2 aromatic carbocycles. The SMILES string of the molecule is COc1ccc(O)c(C=NCCN=Cc2cc(CO)ccc2O)c1. The fourth-order valence-corrected chi connectivity index (χ4v) is 2.01. The van der Waals surface area contributed by atoms with Crippen LogP contribution in [0.1, 0.15) is 16.7 Å². The zero-order valence-corrected chi connectivity index (χ0v) is 13.4. The van der Waals surface area contributed by atoms with Gasteiger partial charge in [-0.3, -0.25) is 9.98 Å². The maximum absolute atomic E-state index is 9.74. The molecule has 3 N–H and O–H groups in total. The summed E-state index contributed by atoms with van der Waals surface area (Å²) >= 11 is 0. The molecule has 0 atom stereocenters. The summed E-state index contributed by atoms with van der Waals surface area (Å²) in [6.07, 6.45) is 3.12. The van der Waals surface area contributed by atoms with Gasteiger partial charge < -0.3 is 20.1 Å². The van der Waals surface area contributed by atoms with Crippen LogP contribution in [0.25, 0.3) is 0 Å². The Labute approximate surface area is 140 Å². The van der Waals surface area contributed by atoms with Crippen molar-refractivity contribution in [2.75, 3.05) is 20.2 Å². The molecule has 0 bridgehead atoms. The Balaban J connectivity index is 1.91. The number of aromatic hydroxyl groups is 2. The summed E-state index contributed by atoms with van der Waals surface area (Å²) in [6, 6.07) is 9.77. The first-order valence-corrected chi connectivity index (χ1v) is 7.43. The smallest absolute Gasteiger partial charge is 0.124 e. The van der Waals surface area contributed by atoms with Gasteiger partial charge in [0.2, 0.25) is 0 Å². The van der Waals surface area contributed by atoms with Crippen molar-refractivity contribution in [3.05, 3.63) is 53.1 Å². The van der Waals surface area contributed by atoms with Gasteiger partial charge in [-0.05, 0) is 35.9 Å². The standard InChI is InChI=1S/C18H20N2O4/c1-24-16-3-5-18(23)15(9-16)11-20-7-6-19-10-14-8-13(12-21)2-4-17(14)22/h2-5,8-11,21-23H,6-7,12H2,1H3. The first kappa shape index (κ1) is 17.5. The molecule has 6 nitrogen and oxygen atoms in total. The summed E-state index contributed by atoms with van der Waals surface area (Å²) < 4.78 is 5.10. The van der Waals surface area contributed by atoms with Gasteiger partial charge in [0, 0.05) is 23.6 Å². The minimum Gasteiger partial charge on any atom is -0.507 e. The largest absolute Gasteiger partial charge is 0.507 e. The second kappa shape index (κ2) is 8.69. The summed E-state index contributed by atoms with van der Waals surface area (Å²) in [4.78, 5) is 8.41. The maximum Gasteiger partial charge on any atom is 0.124 e. The third-order valence-corrected chi connectivity index (χ3v) is 3.33. The van der Waals surface area contributed by atoms with Crippen molar-refractivity contribution in [2.24, 2.45) is 9.98 Å². The number of nitrogens with zero attached hydrogens (tertiary/aromatic N) is 2. The molecule has 0 aliphatic carbocycles. The van der Waals surface area contributed by atoms with Gasteiger partial charge in [-0.1, -0.05) is 6.07 Å².